The van der Waals surface area contributed by atoms with Crippen molar-refractivity contribution in [3.8, 4) is 0 Å². The molecule has 21 heavy (non-hydrogen) atoms. The summed E-state index contributed by atoms with van der Waals surface area (Å²) in [6, 6.07) is 9.80. The van der Waals surface area contributed by atoms with Crippen molar-refractivity contribution in [2.24, 2.45) is 0 Å². The molecule has 2 rings (SSSR count). The van der Waals surface area contributed by atoms with E-state index < -0.39 is 17.8 Å². The van der Waals surface area contributed by atoms with Crippen molar-refractivity contribution in [2.45, 2.75) is 45.1 Å². The van der Waals surface area contributed by atoms with E-state index in [2.05, 4.69) is 22.3 Å². The molecule has 1 amide bonds. The fourth-order valence-corrected chi connectivity index (χ4v) is 2.44. The number of aliphatic hydroxyl groups excluding tert-OH is 1. The number of carbonyl (C=O) groups excluding carboxylic acids is 1. The summed E-state index contributed by atoms with van der Waals surface area (Å²) >= 11 is 0. The number of amides is 1. The van der Waals surface area contributed by atoms with Crippen molar-refractivity contribution in [1.29, 1.82) is 0 Å². The Kier molecular flexibility index (Phi) is 4.85. The van der Waals surface area contributed by atoms with Gasteiger partial charge in [0, 0.05) is 19.6 Å². The quantitative estimate of drug-likeness (QED) is 0.891. The standard InChI is InChI=1S/C16H24N2O3/c1-16(2,3)21-15(20)17-13-10-18(11-14(13)19)9-12-7-5-4-6-8-12/h4-8,13-14,19H,9-11H2,1-3H3,(H,17,20)/t13-,14-/m1/s1. The highest BCUT2D eigenvalue weighted by atomic mass is 16.6. The average Bonchev–Trinajstić information content (AvgIpc) is 2.68. The van der Waals surface area contributed by atoms with Gasteiger partial charge in [-0.05, 0) is 26.3 Å². The maximum Gasteiger partial charge on any atom is 0.408 e. The van der Waals surface area contributed by atoms with Crippen molar-refractivity contribution in [2.75, 3.05) is 13.1 Å². The second-order valence-corrected chi connectivity index (χ2v) is 6.50. The highest BCUT2D eigenvalue weighted by molar-refractivity contribution is 5.68. The maximum absolute atomic E-state index is 11.8. The zero-order valence-corrected chi connectivity index (χ0v) is 12.9. The molecular formula is C16H24N2O3. The average molecular weight is 292 g/mol. The van der Waals surface area contributed by atoms with Crippen LogP contribution >= 0.6 is 0 Å². The SMILES string of the molecule is CC(C)(C)OC(=O)N[C@@H]1CN(Cc2ccccc2)C[C@H]1O. The second-order valence-electron chi connectivity index (χ2n) is 6.50. The summed E-state index contributed by atoms with van der Waals surface area (Å²) in [6.45, 7) is 7.40. The van der Waals surface area contributed by atoms with Gasteiger partial charge in [-0.3, -0.25) is 4.90 Å². The summed E-state index contributed by atoms with van der Waals surface area (Å²) in [5.41, 5.74) is 0.666. The lowest BCUT2D eigenvalue weighted by Crippen LogP contribution is -2.45. The third-order valence-electron chi connectivity index (χ3n) is 3.32. The van der Waals surface area contributed by atoms with Gasteiger partial charge in [0.15, 0.2) is 0 Å². The number of nitrogens with zero attached hydrogens (tertiary/aromatic N) is 1. The van der Waals surface area contributed by atoms with Gasteiger partial charge in [-0.25, -0.2) is 4.79 Å². The van der Waals surface area contributed by atoms with Crippen LogP contribution in [0.2, 0.25) is 0 Å². The van der Waals surface area contributed by atoms with Crippen LogP contribution in [0.1, 0.15) is 26.3 Å². The first-order chi connectivity index (χ1) is 9.83. The van der Waals surface area contributed by atoms with Gasteiger partial charge in [-0.1, -0.05) is 30.3 Å². The van der Waals surface area contributed by atoms with E-state index >= 15 is 0 Å². The summed E-state index contributed by atoms with van der Waals surface area (Å²) in [5.74, 6) is 0. The predicted octanol–water partition coefficient (Wildman–Crippen LogP) is 1.76. The Labute approximate surface area is 125 Å². The summed E-state index contributed by atoms with van der Waals surface area (Å²) in [4.78, 5) is 13.9. The molecule has 2 atom stereocenters. The molecule has 1 aliphatic rings. The first kappa shape index (κ1) is 15.8. The molecule has 2 N–H and O–H groups in total. The van der Waals surface area contributed by atoms with Gasteiger partial charge >= 0.3 is 6.09 Å². The Morgan fingerprint density at radius 2 is 2.00 bits per heavy atom. The van der Waals surface area contributed by atoms with E-state index in [1.165, 1.54) is 5.56 Å². The first-order valence-electron chi connectivity index (χ1n) is 7.27. The minimum absolute atomic E-state index is 0.288. The van der Waals surface area contributed by atoms with Gasteiger partial charge in [-0.15, -0.1) is 0 Å². The third kappa shape index (κ3) is 5.02. The van der Waals surface area contributed by atoms with Crippen LogP contribution < -0.4 is 5.32 Å². The smallest absolute Gasteiger partial charge is 0.408 e. The number of ether oxygens (including phenoxy) is 1. The Morgan fingerprint density at radius 1 is 1.33 bits per heavy atom. The highest BCUT2D eigenvalue weighted by Gasteiger charge is 2.33. The fraction of sp³-hybridized carbons (Fsp3) is 0.562. The van der Waals surface area contributed by atoms with Crippen LogP contribution in [0, 0.1) is 0 Å². The summed E-state index contributed by atoms with van der Waals surface area (Å²) in [6.07, 6.45) is -1.05. The first-order valence-corrected chi connectivity index (χ1v) is 7.27. The number of aliphatic hydroxyl groups is 1. The van der Waals surface area contributed by atoms with Crippen LogP contribution in [0.15, 0.2) is 30.3 Å². The summed E-state index contributed by atoms with van der Waals surface area (Å²) in [7, 11) is 0. The molecule has 1 aliphatic heterocycles. The fourth-order valence-electron chi connectivity index (χ4n) is 2.44. The van der Waals surface area contributed by atoms with E-state index in [9.17, 15) is 9.90 Å². The molecule has 5 nitrogen and oxygen atoms in total. The van der Waals surface area contributed by atoms with E-state index in [0.29, 0.717) is 13.1 Å². The lowest BCUT2D eigenvalue weighted by atomic mass is 10.2. The van der Waals surface area contributed by atoms with Crippen molar-refractivity contribution in [3.05, 3.63) is 35.9 Å². The minimum Gasteiger partial charge on any atom is -0.444 e. The normalized spacial score (nSPS) is 23.0. The van der Waals surface area contributed by atoms with Crippen LogP contribution in [0.25, 0.3) is 0 Å². The lowest BCUT2D eigenvalue weighted by molar-refractivity contribution is 0.0461. The molecule has 0 aliphatic carbocycles. The van der Waals surface area contributed by atoms with Crippen LogP contribution in [0.5, 0.6) is 0 Å². The van der Waals surface area contributed by atoms with Crippen LogP contribution in [0.3, 0.4) is 0 Å². The van der Waals surface area contributed by atoms with Crippen LogP contribution in [-0.2, 0) is 11.3 Å². The molecule has 0 bridgehead atoms. The largest absolute Gasteiger partial charge is 0.444 e. The second kappa shape index (κ2) is 6.45. The van der Waals surface area contributed by atoms with Gasteiger partial charge in [-0.2, -0.15) is 0 Å². The molecule has 1 fully saturated rings. The Balaban J connectivity index is 1.85. The van der Waals surface area contributed by atoms with Crippen LogP contribution in [-0.4, -0.2) is 46.9 Å². The van der Waals surface area contributed by atoms with E-state index in [1.54, 1.807) is 0 Å². The molecule has 0 saturated carbocycles. The van der Waals surface area contributed by atoms with E-state index in [-0.39, 0.29) is 6.04 Å². The molecule has 5 heteroatoms. The summed E-state index contributed by atoms with van der Waals surface area (Å²) < 4.78 is 5.22. The zero-order chi connectivity index (χ0) is 15.5. The Morgan fingerprint density at radius 3 is 2.62 bits per heavy atom. The van der Waals surface area contributed by atoms with Crippen LogP contribution in [0.4, 0.5) is 4.79 Å². The number of hydrogen-bond acceptors (Lipinski definition) is 4. The molecule has 1 heterocycles. The lowest BCUT2D eigenvalue weighted by Gasteiger charge is -2.22. The third-order valence-corrected chi connectivity index (χ3v) is 3.32. The number of hydrogen-bond donors (Lipinski definition) is 2. The van der Waals surface area contributed by atoms with Crippen molar-refractivity contribution >= 4 is 6.09 Å². The van der Waals surface area contributed by atoms with Gasteiger partial charge in [0.1, 0.15) is 5.60 Å². The van der Waals surface area contributed by atoms with Gasteiger partial charge in [0.25, 0.3) is 0 Å². The number of nitrogens with one attached hydrogen (secondary N) is 1. The molecule has 1 saturated heterocycles. The van der Waals surface area contributed by atoms with Gasteiger partial charge in [0.05, 0.1) is 12.1 Å². The highest BCUT2D eigenvalue weighted by Crippen LogP contribution is 2.15. The van der Waals surface area contributed by atoms with Crippen molar-refractivity contribution in [1.82, 2.24) is 10.2 Å². The Bertz CT molecular complexity index is 470. The minimum atomic E-state index is -0.568. The van der Waals surface area contributed by atoms with Gasteiger partial charge in [0.2, 0.25) is 0 Å². The van der Waals surface area contributed by atoms with E-state index in [0.717, 1.165) is 6.54 Å². The number of likely N-dealkylation sites (tertiary alicyclic amines) is 1. The molecule has 0 spiro atoms. The van der Waals surface area contributed by atoms with E-state index in [1.807, 2.05) is 39.0 Å². The monoisotopic (exact) mass is 292 g/mol. The number of β-amino-alcohol motifs (C(OH)–C–C–N with tert-alkyl or cyclic N) is 1. The summed E-state index contributed by atoms with van der Waals surface area (Å²) in [5, 5.41) is 12.8. The number of rotatable bonds is 3. The zero-order valence-electron chi connectivity index (χ0n) is 12.9. The molecule has 1 aromatic rings. The van der Waals surface area contributed by atoms with Crippen molar-refractivity contribution in [3.63, 3.8) is 0 Å². The molecule has 1 aromatic carbocycles. The van der Waals surface area contributed by atoms with Crippen molar-refractivity contribution < 1.29 is 14.6 Å². The predicted molar refractivity (Wildman–Crippen MR) is 80.9 cm³/mol. The van der Waals surface area contributed by atoms with E-state index in [4.69, 9.17) is 4.74 Å². The number of carbonyl (C=O) groups is 1. The topological polar surface area (TPSA) is 61.8 Å². The number of benzene rings is 1. The Hall–Kier alpha value is -1.59. The molecule has 0 radical (unpaired) electrons. The number of alkyl carbamates (subject to hydrolysis) is 1. The molecule has 0 aromatic heterocycles. The molecule has 0 unspecified atom stereocenters. The molecule has 116 valence electrons. The maximum atomic E-state index is 11.8. The molecular weight excluding hydrogens is 268 g/mol. The van der Waals surface area contributed by atoms with Gasteiger partial charge < -0.3 is 15.2 Å².